The van der Waals surface area contributed by atoms with Crippen LogP contribution in [0.2, 0.25) is 0 Å². The minimum atomic E-state index is 0.260. The Labute approximate surface area is 277 Å². The number of nitrogens with one attached hydrogen (secondary N) is 2. The van der Waals surface area contributed by atoms with Gasteiger partial charge in [-0.05, 0) is 68.2 Å². The minimum absolute atomic E-state index is 0.260. The number of anilines is 4. The van der Waals surface area contributed by atoms with Crippen LogP contribution in [-0.2, 0) is 0 Å². The molecule has 4 heterocycles. The zero-order chi connectivity index (χ0) is 32.2. The molecule has 4 aromatic rings. The molecule has 4 aromatic heterocycles. The first-order valence-electron chi connectivity index (χ1n) is 14.9. The van der Waals surface area contributed by atoms with E-state index in [9.17, 15) is 0 Å². The van der Waals surface area contributed by atoms with Gasteiger partial charge in [0.2, 0.25) is 23.7 Å². The standard InChI is InChI=1S/C15H20N6O.C9H13IN4.C6H8N2O/c1-9-11(7-13(22-2)21-20-9)12-8-17-15(16)19-14(12)18-10-5-3-4-6-10;10-7-5-12-9(11)14-8(7)13-6-3-1-2-4-6;1-5-3-4-6(9-2)8-7-5/h7-8,10H,3-6H2,1-2H3,(H3,16,17,18,19);5-6H,1-4H2,(H3,11,12,13,14);3-4H,1-2H3. The van der Waals surface area contributed by atoms with E-state index in [1.807, 2.05) is 26.0 Å². The van der Waals surface area contributed by atoms with E-state index in [0.29, 0.717) is 29.8 Å². The van der Waals surface area contributed by atoms with Crippen LogP contribution in [0.3, 0.4) is 0 Å². The zero-order valence-corrected chi connectivity index (χ0v) is 28.3. The van der Waals surface area contributed by atoms with Crippen molar-refractivity contribution in [2.75, 3.05) is 36.3 Å². The molecule has 6 rings (SSSR count). The third-order valence-corrected chi connectivity index (χ3v) is 8.19. The number of aryl methyl sites for hydroxylation is 2. The van der Waals surface area contributed by atoms with Crippen molar-refractivity contribution in [2.24, 2.45) is 0 Å². The Hall–Kier alpha value is -4.15. The number of rotatable bonds is 7. The molecule has 6 N–H and O–H groups in total. The number of methoxy groups -OCH3 is 2. The van der Waals surface area contributed by atoms with E-state index < -0.39 is 0 Å². The Balaban J connectivity index is 0.000000171. The molecule has 15 heteroatoms. The van der Waals surface area contributed by atoms with Gasteiger partial charge in [-0.1, -0.05) is 25.7 Å². The third-order valence-electron chi connectivity index (χ3n) is 7.40. The second kappa shape index (κ2) is 16.8. The highest BCUT2D eigenvalue weighted by Crippen LogP contribution is 2.32. The van der Waals surface area contributed by atoms with E-state index in [1.165, 1.54) is 38.5 Å². The maximum Gasteiger partial charge on any atom is 0.233 e. The van der Waals surface area contributed by atoms with Gasteiger partial charge in [-0.25, -0.2) is 9.97 Å². The molecule has 2 fully saturated rings. The van der Waals surface area contributed by atoms with Crippen LogP contribution in [0.15, 0.2) is 30.6 Å². The normalized spacial score (nSPS) is 14.5. The van der Waals surface area contributed by atoms with Gasteiger partial charge >= 0.3 is 0 Å². The molecule has 0 atom stereocenters. The molecule has 45 heavy (non-hydrogen) atoms. The van der Waals surface area contributed by atoms with Crippen LogP contribution >= 0.6 is 22.6 Å². The molecule has 0 amide bonds. The molecule has 0 radical (unpaired) electrons. The first-order valence-corrected chi connectivity index (χ1v) is 16.0. The van der Waals surface area contributed by atoms with Crippen molar-refractivity contribution in [1.29, 1.82) is 0 Å². The fraction of sp³-hybridized carbons (Fsp3) is 0.467. The summed E-state index contributed by atoms with van der Waals surface area (Å²) in [6.07, 6.45) is 13.4. The summed E-state index contributed by atoms with van der Waals surface area (Å²) in [6.45, 7) is 3.78. The Morgan fingerprint density at radius 1 is 0.711 bits per heavy atom. The number of nitrogens with zero attached hydrogens (tertiary/aromatic N) is 8. The van der Waals surface area contributed by atoms with Gasteiger partial charge in [0.1, 0.15) is 11.6 Å². The number of halogens is 1. The van der Waals surface area contributed by atoms with Gasteiger partial charge in [0, 0.05) is 47.7 Å². The lowest BCUT2D eigenvalue weighted by Gasteiger charge is -2.17. The molecule has 0 bridgehead atoms. The highest BCUT2D eigenvalue weighted by molar-refractivity contribution is 14.1. The summed E-state index contributed by atoms with van der Waals surface area (Å²) in [5.74, 6) is 3.24. The Kier molecular flexibility index (Phi) is 12.6. The highest BCUT2D eigenvalue weighted by atomic mass is 127. The summed E-state index contributed by atoms with van der Waals surface area (Å²) in [6, 6.07) is 6.48. The number of nitrogens with two attached hydrogens (primary N) is 2. The quantitative estimate of drug-likeness (QED) is 0.186. The van der Waals surface area contributed by atoms with Crippen molar-refractivity contribution in [3.8, 4) is 22.9 Å². The Bertz CT molecular complexity index is 1510. The van der Waals surface area contributed by atoms with Gasteiger partial charge in [-0.2, -0.15) is 20.2 Å². The molecule has 0 aliphatic heterocycles. The average molecular weight is 729 g/mol. The molecule has 0 unspecified atom stereocenters. The molecule has 0 spiro atoms. The van der Waals surface area contributed by atoms with Crippen LogP contribution in [0.25, 0.3) is 11.1 Å². The lowest BCUT2D eigenvalue weighted by atomic mass is 10.1. The van der Waals surface area contributed by atoms with Crippen LogP contribution in [0.1, 0.15) is 62.8 Å². The molecule has 2 saturated carbocycles. The number of hydrogen-bond acceptors (Lipinski definition) is 14. The van der Waals surface area contributed by atoms with E-state index >= 15 is 0 Å². The Morgan fingerprint density at radius 3 is 1.84 bits per heavy atom. The van der Waals surface area contributed by atoms with E-state index in [0.717, 1.165) is 50.6 Å². The SMILES string of the molecule is COc1cc(-c2cnc(N)nc2NC2CCCC2)c(C)nn1.COc1ccc(C)nn1.Nc1ncc(I)c(NC2CCCC2)n1. The van der Waals surface area contributed by atoms with Gasteiger partial charge in [0.05, 0.1) is 29.2 Å². The number of hydrogen-bond donors (Lipinski definition) is 4. The maximum atomic E-state index is 5.76. The molecule has 0 saturated heterocycles. The fourth-order valence-corrected chi connectivity index (χ4v) is 5.43. The van der Waals surface area contributed by atoms with E-state index in [1.54, 1.807) is 32.7 Å². The Morgan fingerprint density at radius 2 is 1.27 bits per heavy atom. The monoisotopic (exact) mass is 728 g/mol. The molecular formula is C30H41IN12O2. The predicted molar refractivity (Wildman–Crippen MR) is 183 cm³/mol. The molecule has 2 aliphatic carbocycles. The van der Waals surface area contributed by atoms with Crippen LogP contribution in [-0.4, -0.2) is 66.6 Å². The maximum absolute atomic E-state index is 5.76. The molecule has 2 aliphatic rings. The lowest BCUT2D eigenvalue weighted by molar-refractivity contribution is 0.391. The van der Waals surface area contributed by atoms with Crippen LogP contribution in [0, 0.1) is 17.4 Å². The highest BCUT2D eigenvalue weighted by Gasteiger charge is 2.20. The predicted octanol–water partition coefficient (Wildman–Crippen LogP) is 5.00. The molecule has 14 nitrogen and oxygen atoms in total. The third kappa shape index (κ3) is 10.2. The van der Waals surface area contributed by atoms with Crippen LogP contribution in [0.5, 0.6) is 11.8 Å². The zero-order valence-electron chi connectivity index (χ0n) is 26.1. The summed E-state index contributed by atoms with van der Waals surface area (Å²) in [5.41, 5.74) is 14.8. The van der Waals surface area contributed by atoms with E-state index in [2.05, 4.69) is 73.6 Å². The van der Waals surface area contributed by atoms with E-state index in [-0.39, 0.29) is 5.95 Å². The molecule has 240 valence electrons. The summed E-state index contributed by atoms with van der Waals surface area (Å²) < 4.78 is 11.0. The lowest BCUT2D eigenvalue weighted by Crippen LogP contribution is -2.17. The summed E-state index contributed by atoms with van der Waals surface area (Å²) in [5, 5.41) is 22.5. The van der Waals surface area contributed by atoms with Gasteiger partial charge in [-0.15, -0.1) is 10.2 Å². The average Bonchev–Trinajstić information content (AvgIpc) is 3.76. The number of aromatic nitrogens is 8. The van der Waals surface area contributed by atoms with Crippen LogP contribution in [0.4, 0.5) is 23.5 Å². The summed E-state index contributed by atoms with van der Waals surface area (Å²) >= 11 is 2.22. The van der Waals surface area contributed by atoms with Gasteiger partial charge in [0.25, 0.3) is 0 Å². The van der Waals surface area contributed by atoms with Crippen molar-refractivity contribution in [3.63, 3.8) is 0 Å². The van der Waals surface area contributed by atoms with Crippen molar-refractivity contribution in [2.45, 2.75) is 77.3 Å². The second-order valence-corrected chi connectivity index (χ2v) is 11.9. The smallest absolute Gasteiger partial charge is 0.233 e. The van der Waals surface area contributed by atoms with Crippen molar-refractivity contribution < 1.29 is 9.47 Å². The fourth-order valence-electron chi connectivity index (χ4n) is 5.01. The number of ether oxygens (including phenoxy) is 2. The van der Waals surface area contributed by atoms with E-state index in [4.69, 9.17) is 20.9 Å². The van der Waals surface area contributed by atoms with Crippen molar-refractivity contribution in [1.82, 2.24) is 40.3 Å². The van der Waals surface area contributed by atoms with Crippen molar-refractivity contribution in [3.05, 3.63) is 45.6 Å². The largest absolute Gasteiger partial charge is 0.480 e. The van der Waals surface area contributed by atoms with Gasteiger partial charge in [0.15, 0.2) is 0 Å². The number of nitrogen functional groups attached to an aromatic ring is 2. The minimum Gasteiger partial charge on any atom is -0.480 e. The molecule has 0 aromatic carbocycles. The van der Waals surface area contributed by atoms with Gasteiger partial charge in [-0.3, -0.25) is 0 Å². The van der Waals surface area contributed by atoms with Gasteiger partial charge < -0.3 is 31.6 Å². The summed E-state index contributed by atoms with van der Waals surface area (Å²) in [7, 11) is 3.14. The van der Waals surface area contributed by atoms with Crippen molar-refractivity contribution >= 4 is 46.1 Å². The summed E-state index contributed by atoms with van der Waals surface area (Å²) in [4.78, 5) is 16.6. The first-order chi connectivity index (χ1) is 21.7. The first kappa shape index (κ1) is 33.7. The topological polar surface area (TPSA) is 198 Å². The second-order valence-electron chi connectivity index (χ2n) is 10.8. The molecular weight excluding hydrogens is 687 g/mol. The van der Waals surface area contributed by atoms with Crippen LogP contribution < -0.4 is 31.6 Å².